The van der Waals surface area contributed by atoms with Crippen molar-refractivity contribution in [3.05, 3.63) is 12.2 Å². The molecular formula is C16H27NO5. The summed E-state index contributed by atoms with van der Waals surface area (Å²) in [6, 6.07) is -0.285. The molecular weight excluding hydrogens is 286 g/mol. The summed E-state index contributed by atoms with van der Waals surface area (Å²) in [7, 11) is 0. The zero-order valence-electron chi connectivity index (χ0n) is 14.3. The minimum atomic E-state index is -0.649. The molecule has 0 aliphatic carbocycles. The molecule has 6 nitrogen and oxygen atoms in total. The van der Waals surface area contributed by atoms with E-state index in [0.29, 0.717) is 0 Å². The molecule has 0 fully saturated rings. The van der Waals surface area contributed by atoms with E-state index in [-0.39, 0.29) is 31.1 Å². The zero-order chi connectivity index (χ0) is 17.3. The van der Waals surface area contributed by atoms with E-state index in [9.17, 15) is 14.4 Å². The Morgan fingerprint density at radius 3 is 1.95 bits per heavy atom. The number of rotatable bonds is 7. The van der Waals surface area contributed by atoms with Gasteiger partial charge in [0.1, 0.15) is 6.61 Å². The number of hydrogen-bond acceptors (Lipinski definition) is 5. The molecule has 0 heterocycles. The summed E-state index contributed by atoms with van der Waals surface area (Å²) in [5.74, 6) is -1.25. The first-order valence-electron chi connectivity index (χ1n) is 7.40. The topological polar surface area (TPSA) is 81.7 Å². The van der Waals surface area contributed by atoms with Gasteiger partial charge in [0.25, 0.3) is 0 Å². The van der Waals surface area contributed by atoms with Crippen molar-refractivity contribution < 1.29 is 23.9 Å². The lowest BCUT2D eigenvalue weighted by atomic mass is 9.94. The van der Waals surface area contributed by atoms with Crippen LogP contribution in [-0.2, 0) is 23.9 Å². The lowest BCUT2D eigenvalue weighted by Crippen LogP contribution is -2.46. The highest BCUT2D eigenvalue weighted by Gasteiger charge is 2.26. The molecule has 1 N–H and O–H groups in total. The van der Waals surface area contributed by atoms with Crippen LogP contribution in [0.2, 0.25) is 0 Å². The third-order valence-electron chi connectivity index (χ3n) is 2.85. The highest BCUT2D eigenvalue weighted by atomic mass is 16.5. The Morgan fingerprint density at radius 2 is 1.55 bits per heavy atom. The van der Waals surface area contributed by atoms with E-state index in [4.69, 9.17) is 4.74 Å². The molecule has 0 aromatic rings. The lowest BCUT2D eigenvalue weighted by Gasteiger charge is -2.26. The van der Waals surface area contributed by atoms with Gasteiger partial charge >= 0.3 is 11.9 Å². The molecule has 126 valence electrons. The summed E-state index contributed by atoms with van der Waals surface area (Å²) < 4.78 is 9.71. The summed E-state index contributed by atoms with van der Waals surface area (Å²) in [5.41, 5.74) is -0.513. The van der Waals surface area contributed by atoms with Crippen LogP contribution in [0.15, 0.2) is 12.2 Å². The highest BCUT2D eigenvalue weighted by Crippen LogP contribution is 2.14. The molecule has 0 aliphatic heterocycles. The number of hydrogen-bond donors (Lipinski definition) is 1. The van der Waals surface area contributed by atoms with Gasteiger partial charge < -0.3 is 14.8 Å². The second-order valence-corrected chi connectivity index (χ2v) is 6.29. The predicted molar refractivity (Wildman–Crippen MR) is 83.0 cm³/mol. The van der Waals surface area contributed by atoms with Crippen molar-refractivity contribution in [2.24, 2.45) is 11.3 Å². The second kappa shape index (κ2) is 9.23. The quantitative estimate of drug-likeness (QED) is 0.573. The number of carbonyl (C=O) groups excluding carboxylic acids is 3. The van der Waals surface area contributed by atoms with Crippen molar-refractivity contribution in [2.45, 2.75) is 47.6 Å². The number of esters is 2. The Labute approximate surface area is 132 Å². The van der Waals surface area contributed by atoms with Crippen LogP contribution in [0.5, 0.6) is 0 Å². The SMILES string of the molecule is CCOC(=O)/C=C/C(=O)OC[C@H](NC(=O)C(C)(C)C)C(C)C. The first kappa shape index (κ1) is 20.1. The third kappa shape index (κ3) is 8.44. The smallest absolute Gasteiger partial charge is 0.331 e. The summed E-state index contributed by atoms with van der Waals surface area (Å²) in [6.07, 6.45) is 2.03. The van der Waals surface area contributed by atoms with Gasteiger partial charge in [0.2, 0.25) is 5.91 Å². The van der Waals surface area contributed by atoms with Crippen LogP contribution in [0.25, 0.3) is 0 Å². The molecule has 1 amide bonds. The van der Waals surface area contributed by atoms with Crippen molar-refractivity contribution in [2.75, 3.05) is 13.2 Å². The molecule has 0 aliphatic rings. The van der Waals surface area contributed by atoms with Crippen molar-refractivity contribution in [3.8, 4) is 0 Å². The van der Waals surface area contributed by atoms with Crippen LogP contribution in [0.3, 0.4) is 0 Å². The molecule has 22 heavy (non-hydrogen) atoms. The number of amides is 1. The van der Waals surface area contributed by atoms with Gasteiger partial charge in [-0.3, -0.25) is 4.79 Å². The predicted octanol–water partition coefficient (Wildman–Crippen LogP) is 1.84. The van der Waals surface area contributed by atoms with Gasteiger partial charge in [0.05, 0.1) is 12.6 Å². The van der Waals surface area contributed by atoms with Gasteiger partial charge in [-0.2, -0.15) is 0 Å². The fourth-order valence-corrected chi connectivity index (χ4v) is 1.33. The van der Waals surface area contributed by atoms with E-state index in [0.717, 1.165) is 12.2 Å². The molecule has 0 radical (unpaired) electrons. The van der Waals surface area contributed by atoms with E-state index in [1.807, 2.05) is 34.6 Å². The van der Waals surface area contributed by atoms with Gasteiger partial charge in [0.15, 0.2) is 0 Å². The van der Waals surface area contributed by atoms with Crippen LogP contribution in [0.1, 0.15) is 41.5 Å². The Hall–Kier alpha value is -1.85. The fourth-order valence-electron chi connectivity index (χ4n) is 1.33. The Morgan fingerprint density at radius 1 is 1.05 bits per heavy atom. The summed E-state index contributed by atoms with van der Waals surface area (Å²) in [5, 5.41) is 2.87. The standard InChI is InChI=1S/C16H27NO5/c1-7-21-13(18)8-9-14(19)22-10-12(11(2)3)17-15(20)16(4,5)6/h8-9,11-12H,7,10H2,1-6H3,(H,17,20)/b9-8+/t12-/m0/s1. The largest absolute Gasteiger partial charge is 0.463 e. The molecule has 0 aromatic carbocycles. The van der Waals surface area contributed by atoms with E-state index in [1.54, 1.807) is 6.92 Å². The average Bonchev–Trinajstić information content (AvgIpc) is 2.39. The maximum atomic E-state index is 12.0. The highest BCUT2D eigenvalue weighted by molar-refractivity contribution is 5.91. The van der Waals surface area contributed by atoms with Crippen molar-refractivity contribution in [1.29, 1.82) is 0 Å². The summed E-state index contributed by atoms with van der Waals surface area (Å²) >= 11 is 0. The Kier molecular flexibility index (Phi) is 8.45. The molecule has 0 bridgehead atoms. The number of carbonyl (C=O) groups is 3. The van der Waals surface area contributed by atoms with Crippen LogP contribution in [0, 0.1) is 11.3 Å². The van der Waals surface area contributed by atoms with Gasteiger partial charge in [0, 0.05) is 17.6 Å². The number of ether oxygens (including phenoxy) is 2. The van der Waals surface area contributed by atoms with Gasteiger partial charge in [-0.25, -0.2) is 9.59 Å². The second-order valence-electron chi connectivity index (χ2n) is 6.29. The van der Waals surface area contributed by atoms with Crippen LogP contribution in [-0.4, -0.2) is 37.1 Å². The Bertz CT molecular complexity index is 421. The molecule has 0 saturated heterocycles. The van der Waals surface area contributed by atoms with E-state index < -0.39 is 17.4 Å². The zero-order valence-corrected chi connectivity index (χ0v) is 14.3. The molecule has 6 heteroatoms. The molecule has 0 rings (SSSR count). The van der Waals surface area contributed by atoms with Crippen LogP contribution >= 0.6 is 0 Å². The van der Waals surface area contributed by atoms with E-state index in [1.165, 1.54) is 0 Å². The molecule has 0 spiro atoms. The normalized spacial score (nSPS) is 13.0. The third-order valence-corrected chi connectivity index (χ3v) is 2.85. The molecule has 0 unspecified atom stereocenters. The van der Waals surface area contributed by atoms with Gasteiger partial charge in [-0.05, 0) is 12.8 Å². The summed E-state index contributed by atoms with van der Waals surface area (Å²) in [6.45, 7) is 11.3. The van der Waals surface area contributed by atoms with Gasteiger partial charge in [-0.15, -0.1) is 0 Å². The summed E-state index contributed by atoms with van der Waals surface area (Å²) in [4.78, 5) is 34.6. The maximum absolute atomic E-state index is 12.0. The van der Waals surface area contributed by atoms with E-state index in [2.05, 4.69) is 10.1 Å². The van der Waals surface area contributed by atoms with E-state index >= 15 is 0 Å². The van der Waals surface area contributed by atoms with Crippen molar-refractivity contribution >= 4 is 17.8 Å². The molecule has 0 saturated carbocycles. The first-order valence-corrected chi connectivity index (χ1v) is 7.40. The lowest BCUT2D eigenvalue weighted by molar-refractivity contribution is -0.141. The number of nitrogens with one attached hydrogen (secondary N) is 1. The minimum Gasteiger partial charge on any atom is -0.463 e. The Balaban J connectivity index is 4.45. The minimum absolute atomic E-state index is 0.0471. The maximum Gasteiger partial charge on any atom is 0.331 e. The molecule has 0 aromatic heterocycles. The molecule has 1 atom stereocenters. The first-order chi connectivity index (χ1) is 10.1. The van der Waals surface area contributed by atoms with Crippen LogP contribution in [0.4, 0.5) is 0 Å². The van der Waals surface area contributed by atoms with Crippen molar-refractivity contribution in [3.63, 3.8) is 0 Å². The van der Waals surface area contributed by atoms with Crippen molar-refractivity contribution in [1.82, 2.24) is 5.32 Å². The monoisotopic (exact) mass is 313 g/mol. The van der Waals surface area contributed by atoms with Crippen LogP contribution < -0.4 is 5.32 Å². The fraction of sp³-hybridized carbons (Fsp3) is 0.688. The van der Waals surface area contributed by atoms with Gasteiger partial charge in [-0.1, -0.05) is 34.6 Å². The average molecular weight is 313 g/mol.